The predicted molar refractivity (Wildman–Crippen MR) is 139 cm³/mol. The molecule has 7 heteroatoms. The molecule has 2 amide bonds. The quantitative estimate of drug-likeness (QED) is 0.483. The fourth-order valence-corrected chi connectivity index (χ4v) is 3.75. The summed E-state index contributed by atoms with van der Waals surface area (Å²) in [4.78, 5) is 28.0. The normalized spacial score (nSPS) is 11.4. The molecule has 0 bridgehead atoms. The molecular weight excluding hydrogens is 440 g/mol. The van der Waals surface area contributed by atoms with E-state index in [-0.39, 0.29) is 29.7 Å². The minimum Gasteiger partial charge on any atom is -0.497 e. The minimum absolute atomic E-state index is 0.0627. The Hall–Kier alpha value is -3.61. The van der Waals surface area contributed by atoms with E-state index in [1.54, 1.807) is 41.0 Å². The van der Waals surface area contributed by atoms with E-state index in [1.165, 1.54) is 0 Å². The largest absolute Gasteiger partial charge is 0.497 e. The third-order valence-corrected chi connectivity index (χ3v) is 5.63. The van der Waals surface area contributed by atoms with E-state index in [9.17, 15) is 9.59 Å². The number of benzene rings is 2. The first-order chi connectivity index (χ1) is 16.5. The number of nitrogens with one attached hydrogen (secondary N) is 1. The molecule has 35 heavy (non-hydrogen) atoms. The van der Waals surface area contributed by atoms with Crippen LogP contribution in [0.1, 0.15) is 56.2 Å². The summed E-state index contributed by atoms with van der Waals surface area (Å²) >= 11 is 0. The van der Waals surface area contributed by atoms with Crippen LogP contribution in [0.5, 0.6) is 5.75 Å². The van der Waals surface area contributed by atoms with Gasteiger partial charge in [-0.05, 0) is 48.7 Å². The highest BCUT2D eigenvalue weighted by atomic mass is 16.5. The van der Waals surface area contributed by atoms with Crippen molar-refractivity contribution in [2.75, 3.05) is 25.5 Å². The van der Waals surface area contributed by atoms with Crippen molar-refractivity contribution in [2.45, 2.75) is 47.0 Å². The molecule has 0 unspecified atom stereocenters. The van der Waals surface area contributed by atoms with E-state index in [4.69, 9.17) is 9.84 Å². The predicted octanol–water partition coefficient (Wildman–Crippen LogP) is 5.22. The van der Waals surface area contributed by atoms with Crippen molar-refractivity contribution >= 4 is 17.6 Å². The molecular formula is C28H36N4O3. The number of amides is 2. The van der Waals surface area contributed by atoms with Gasteiger partial charge in [0, 0.05) is 23.6 Å². The van der Waals surface area contributed by atoms with Gasteiger partial charge in [-0.2, -0.15) is 5.10 Å². The molecule has 0 aliphatic heterocycles. The van der Waals surface area contributed by atoms with Crippen molar-refractivity contribution in [3.63, 3.8) is 0 Å². The Kier molecular flexibility index (Phi) is 7.99. The van der Waals surface area contributed by atoms with E-state index < -0.39 is 0 Å². The van der Waals surface area contributed by atoms with Gasteiger partial charge in [0.2, 0.25) is 5.91 Å². The van der Waals surface area contributed by atoms with E-state index >= 15 is 0 Å². The number of aryl methyl sites for hydroxylation is 1. The number of hydrogen-bond acceptors (Lipinski definition) is 4. The topological polar surface area (TPSA) is 76.5 Å². The second-order valence-electron chi connectivity index (χ2n) is 10.2. The van der Waals surface area contributed by atoms with Gasteiger partial charge in [-0.15, -0.1) is 0 Å². The first kappa shape index (κ1) is 26.0. The molecule has 186 valence electrons. The van der Waals surface area contributed by atoms with Crippen LogP contribution in [0.3, 0.4) is 0 Å². The summed E-state index contributed by atoms with van der Waals surface area (Å²) in [6.07, 6.45) is 0. The number of nitrogens with zero attached hydrogens (tertiary/aromatic N) is 3. The standard InChI is InChI=1S/C28H36N4O3/c1-19(2)17-31(27(34)21-12-14-22(35-7)15-13-21)18-26(33)29-25-16-24(28(4,5)6)30-32(25)23-11-9-8-10-20(23)3/h8-16,19H,17-18H2,1-7H3,(H,29,33). The Morgan fingerprint density at radius 3 is 2.31 bits per heavy atom. The second kappa shape index (κ2) is 10.8. The summed E-state index contributed by atoms with van der Waals surface area (Å²) in [5.74, 6) is 0.987. The fourth-order valence-electron chi connectivity index (χ4n) is 3.75. The maximum absolute atomic E-state index is 13.2. The van der Waals surface area contributed by atoms with Gasteiger partial charge in [0.1, 0.15) is 18.1 Å². The van der Waals surface area contributed by atoms with E-state index in [0.29, 0.717) is 23.7 Å². The van der Waals surface area contributed by atoms with Gasteiger partial charge in [0.15, 0.2) is 0 Å². The van der Waals surface area contributed by atoms with Crippen molar-refractivity contribution in [1.29, 1.82) is 0 Å². The monoisotopic (exact) mass is 476 g/mol. The summed E-state index contributed by atoms with van der Waals surface area (Å²) in [6, 6.07) is 16.7. The molecule has 0 aliphatic carbocycles. The van der Waals surface area contributed by atoms with Crippen LogP contribution in [-0.2, 0) is 10.2 Å². The number of carbonyl (C=O) groups excluding carboxylic acids is 2. The van der Waals surface area contributed by atoms with Crippen LogP contribution in [0.4, 0.5) is 5.82 Å². The van der Waals surface area contributed by atoms with E-state index in [0.717, 1.165) is 16.9 Å². The molecule has 0 fully saturated rings. The lowest BCUT2D eigenvalue weighted by Gasteiger charge is -2.24. The van der Waals surface area contributed by atoms with E-state index in [1.807, 2.05) is 51.1 Å². The number of ether oxygens (including phenoxy) is 1. The van der Waals surface area contributed by atoms with Gasteiger partial charge in [-0.1, -0.05) is 52.8 Å². The Bertz CT molecular complexity index is 1170. The number of rotatable bonds is 8. The van der Waals surface area contributed by atoms with Crippen LogP contribution in [-0.4, -0.2) is 46.7 Å². The number of aromatic nitrogens is 2. The molecule has 3 aromatic rings. The molecule has 0 atom stereocenters. The number of hydrogen-bond donors (Lipinski definition) is 1. The Morgan fingerprint density at radius 2 is 1.74 bits per heavy atom. The van der Waals surface area contributed by atoms with Crippen molar-refractivity contribution in [1.82, 2.24) is 14.7 Å². The highest BCUT2D eigenvalue weighted by Gasteiger charge is 2.24. The molecule has 2 aromatic carbocycles. The summed E-state index contributed by atoms with van der Waals surface area (Å²) in [5, 5.41) is 7.81. The zero-order chi connectivity index (χ0) is 25.8. The molecule has 0 saturated carbocycles. The average Bonchev–Trinajstić information content (AvgIpc) is 3.22. The van der Waals surface area contributed by atoms with Gasteiger partial charge >= 0.3 is 0 Å². The maximum Gasteiger partial charge on any atom is 0.254 e. The van der Waals surface area contributed by atoms with Gasteiger partial charge in [0.25, 0.3) is 5.91 Å². The van der Waals surface area contributed by atoms with Gasteiger partial charge in [-0.3, -0.25) is 9.59 Å². The van der Waals surface area contributed by atoms with Crippen molar-refractivity contribution in [3.8, 4) is 11.4 Å². The molecule has 1 heterocycles. The second-order valence-corrected chi connectivity index (χ2v) is 10.2. The molecule has 1 aromatic heterocycles. The summed E-state index contributed by atoms with van der Waals surface area (Å²) < 4.78 is 6.96. The fraction of sp³-hybridized carbons (Fsp3) is 0.393. The van der Waals surface area contributed by atoms with Crippen LogP contribution in [0, 0.1) is 12.8 Å². The van der Waals surface area contributed by atoms with Crippen LogP contribution in [0.25, 0.3) is 5.69 Å². The first-order valence-electron chi connectivity index (χ1n) is 11.9. The molecule has 0 saturated heterocycles. The van der Waals surface area contributed by atoms with Gasteiger partial charge in [-0.25, -0.2) is 4.68 Å². The molecule has 0 radical (unpaired) electrons. The number of carbonyl (C=O) groups is 2. The van der Waals surface area contributed by atoms with Crippen molar-refractivity contribution < 1.29 is 14.3 Å². The number of methoxy groups -OCH3 is 1. The molecule has 1 N–H and O–H groups in total. The van der Waals surface area contributed by atoms with Crippen LogP contribution in [0.15, 0.2) is 54.6 Å². The van der Waals surface area contributed by atoms with Crippen LogP contribution < -0.4 is 10.1 Å². The lowest BCUT2D eigenvalue weighted by Crippen LogP contribution is -2.40. The summed E-state index contributed by atoms with van der Waals surface area (Å²) in [6.45, 7) is 12.7. The van der Waals surface area contributed by atoms with Crippen molar-refractivity contribution in [2.24, 2.45) is 5.92 Å². The third-order valence-electron chi connectivity index (χ3n) is 5.63. The smallest absolute Gasteiger partial charge is 0.254 e. The van der Waals surface area contributed by atoms with Gasteiger partial charge < -0.3 is 15.0 Å². The third kappa shape index (κ3) is 6.50. The van der Waals surface area contributed by atoms with Gasteiger partial charge in [0.05, 0.1) is 18.5 Å². The zero-order valence-corrected chi connectivity index (χ0v) is 21.8. The molecule has 7 nitrogen and oxygen atoms in total. The molecule has 0 spiro atoms. The Labute approximate surface area is 208 Å². The average molecular weight is 477 g/mol. The van der Waals surface area contributed by atoms with Crippen molar-refractivity contribution in [3.05, 3.63) is 71.4 Å². The molecule has 3 rings (SSSR count). The minimum atomic E-state index is -0.275. The summed E-state index contributed by atoms with van der Waals surface area (Å²) in [5.41, 5.74) is 3.12. The number of para-hydroxylation sites is 1. The van der Waals surface area contributed by atoms with Crippen LogP contribution in [0.2, 0.25) is 0 Å². The van der Waals surface area contributed by atoms with E-state index in [2.05, 4.69) is 26.1 Å². The Balaban J connectivity index is 1.87. The van der Waals surface area contributed by atoms with Crippen LogP contribution >= 0.6 is 0 Å². The SMILES string of the molecule is COc1ccc(C(=O)N(CC(=O)Nc2cc(C(C)(C)C)nn2-c2ccccc2C)CC(C)C)cc1. The first-order valence-corrected chi connectivity index (χ1v) is 11.9. The molecule has 0 aliphatic rings. The highest BCUT2D eigenvalue weighted by Crippen LogP contribution is 2.27. The maximum atomic E-state index is 13.2. The summed E-state index contributed by atoms with van der Waals surface area (Å²) in [7, 11) is 1.58. The Morgan fingerprint density at radius 1 is 1.09 bits per heavy atom. The lowest BCUT2D eigenvalue weighted by molar-refractivity contribution is -0.117. The zero-order valence-electron chi connectivity index (χ0n) is 21.8. The number of anilines is 1. The lowest BCUT2D eigenvalue weighted by atomic mass is 9.92. The highest BCUT2D eigenvalue weighted by molar-refractivity contribution is 5.99.